The van der Waals surface area contributed by atoms with Gasteiger partial charge >= 0.3 is 0 Å². The fourth-order valence-electron chi connectivity index (χ4n) is 3.40. The molecule has 31 heavy (non-hydrogen) atoms. The number of H-pyrrole nitrogens is 1. The molecule has 0 radical (unpaired) electrons. The van der Waals surface area contributed by atoms with E-state index in [1.807, 2.05) is 0 Å². The summed E-state index contributed by atoms with van der Waals surface area (Å²) in [6, 6.07) is 10.2. The highest BCUT2D eigenvalue weighted by atomic mass is 35.5. The highest BCUT2D eigenvalue weighted by molar-refractivity contribution is 7.71. The van der Waals surface area contributed by atoms with Crippen molar-refractivity contribution in [1.82, 2.24) is 25.0 Å². The van der Waals surface area contributed by atoms with Gasteiger partial charge in [0.05, 0.1) is 6.54 Å². The van der Waals surface area contributed by atoms with Crippen LogP contribution in [0.2, 0.25) is 0 Å². The average molecular weight is 466 g/mol. The van der Waals surface area contributed by atoms with Crippen LogP contribution in [0.3, 0.4) is 0 Å². The number of rotatable bonds is 6. The lowest BCUT2D eigenvalue weighted by Gasteiger charge is -2.35. The van der Waals surface area contributed by atoms with Gasteiger partial charge in [0.15, 0.2) is 0 Å². The van der Waals surface area contributed by atoms with E-state index in [0.717, 1.165) is 17.7 Å². The molecule has 2 aromatic carbocycles. The van der Waals surface area contributed by atoms with Crippen molar-refractivity contribution < 1.29 is 18.3 Å². The second-order valence-corrected chi connectivity index (χ2v) is 7.27. The molecule has 4 aromatic rings. The minimum absolute atomic E-state index is 0. The third kappa shape index (κ3) is 4.55. The fraction of sp³-hybridized carbons (Fsp3) is 0.200. The van der Waals surface area contributed by atoms with Crippen molar-refractivity contribution in [2.45, 2.75) is 25.0 Å². The molecule has 2 unspecified atom stereocenters. The molecule has 0 saturated carbocycles. The Kier molecular flexibility index (Phi) is 6.63. The Morgan fingerprint density at radius 3 is 2.55 bits per heavy atom. The van der Waals surface area contributed by atoms with Gasteiger partial charge < -0.3 is 9.52 Å². The molecule has 2 N–H and O–H groups in total. The first-order valence-electron chi connectivity index (χ1n) is 9.03. The Labute approximate surface area is 187 Å². The number of benzene rings is 2. The highest BCUT2D eigenvalue weighted by Gasteiger charge is 2.40. The summed E-state index contributed by atoms with van der Waals surface area (Å²) in [6.45, 7) is 1.68. The van der Waals surface area contributed by atoms with Gasteiger partial charge in [-0.15, -0.1) is 17.5 Å². The van der Waals surface area contributed by atoms with E-state index in [9.17, 15) is 13.9 Å². The predicted molar refractivity (Wildman–Crippen MR) is 113 cm³/mol. The van der Waals surface area contributed by atoms with Crippen LogP contribution in [0.5, 0.6) is 0 Å². The van der Waals surface area contributed by atoms with Crippen molar-refractivity contribution in [2.24, 2.45) is 0 Å². The largest absolute Gasteiger partial charge is 0.409 e. The monoisotopic (exact) mass is 465 g/mol. The van der Waals surface area contributed by atoms with Crippen LogP contribution in [-0.2, 0) is 12.1 Å². The Morgan fingerprint density at radius 1 is 1.23 bits per heavy atom. The molecule has 0 saturated heterocycles. The first-order chi connectivity index (χ1) is 14.4. The number of nitrogens with one attached hydrogen (secondary N) is 1. The van der Waals surface area contributed by atoms with Crippen molar-refractivity contribution >= 4 is 24.6 Å². The maximum atomic E-state index is 14.7. The quantitative estimate of drug-likeness (QED) is 0.410. The Bertz CT molecular complexity index is 1210. The van der Waals surface area contributed by atoms with Crippen molar-refractivity contribution in [3.63, 3.8) is 0 Å². The van der Waals surface area contributed by atoms with E-state index in [-0.39, 0.29) is 29.4 Å². The van der Waals surface area contributed by atoms with Gasteiger partial charge in [-0.25, -0.2) is 23.5 Å². The lowest BCUT2D eigenvalue weighted by Crippen LogP contribution is -2.38. The number of nitrogens with zero attached hydrogens (tertiary/aromatic N) is 4. The van der Waals surface area contributed by atoms with Gasteiger partial charge in [0.1, 0.15) is 29.9 Å². The number of hydrogen-bond donors (Lipinski definition) is 2. The zero-order chi connectivity index (χ0) is 21.3. The summed E-state index contributed by atoms with van der Waals surface area (Å²) in [6.07, 6.45) is 2.75. The van der Waals surface area contributed by atoms with Gasteiger partial charge in [0.2, 0.25) is 5.89 Å². The second kappa shape index (κ2) is 9.04. The maximum absolute atomic E-state index is 14.7. The number of aromatic nitrogens is 5. The molecule has 0 aliphatic heterocycles. The predicted octanol–water partition coefficient (Wildman–Crippen LogP) is 4.38. The molecule has 2 aromatic heterocycles. The number of aromatic amines is 1. The van der Waals surface area contributed by atoms with Gasteiger partial charge in [-0.3, -0.25) is 0 Å². The zero-order valence-electron chi connectivity index (χ0n) is 16.2. The van der Waals surface area contributed by atoms with Crippen molar-refractivity contribution in [3.05, 3.63) is 82.7 Å². The average Bonchev–Trinajstić information content (AvgIpc) is 3.39. The molecule has 2 heterocycles. The van der Waals surface area contributed by atoms with Crippen LogP contribution in [0.4, 0.5) is 8.78 Å². The SMILES string of the molecule is CC(c1ccc(-c2n[nH]c(=S)o2)cc1)C(O)(Cn1cncn1)c1ccc(F)cc1F.Cl. The van der Waals surface area contributed by atoms with Crippen LogP contribution in [0.1, 0.15) is 24.0 Å². The van der Waals surface area contributed by atoms with E-state index in [4.69, 9.17) is 16.6 Å². The van der Waals surface area contributed by atoms with Crippen molar-refractivity contribution in [1.29, 1.82) is 0 Å². The smallest absolute Gasteiger partial charge is 0.284 e. The normalized spacial score (nSPS) is 13.9. The third-order valence-electron chi connectivity index (χ3n) is 5.08. The third-order valence-corrected chi connectivity index (χ3v) is 5.25. The number of hydrogen-bond acceptors (Lipinski definition) is 6. The van der Waals surface area contributed by atoms with Crippen LogP contribution in [0.15, 0.2) is 59.5 Å². The van der Waals surface area contributed by atoms with Crippen LogP contribution >= 0.6 is 24.6 Å². The minimum atomic E-state index is -1.72. The van der Waals surface area contributed by atoms with E-state index < -0.39 is 23.2 Å². The van der Waals surface area contributed by atoms with Gasteiger partial charge in [-0.05, 0) is 36.0 Å². The summed E-state index contributed by atoms with van der Waals surface area (Å²) in [5, 5.41) is 22.2. The first kappa shape index (κ1) is 22.7. The topological polar surface area (TPSA) is 92.8 Å². The van der Waals surface area contributed by atoms with E-state index in [1.54, 1.807) is 31.2 Å². The van der Waals surface area contributed by atoms with Crippen molar-refractivity contribution in [3.8, 4) is 11.5 Å². The summed E-state index contributed by atoms with van der Waals surface area (Å²) in [4.78, 5) is 4.04. The van der Waals surface area contributed by atoms with Crippen LogP contribution in [-0.4, -0.2) is 30.1 Å². The molecule has 2 atom stereocenters. The van der Waals surface area contributed by atoms with E-state index >= 15 is 0 Å². The molecule has 0 fully saturated rings. The maximum Gasteiger partial charge on any atom is 0.284 e. The highest BCUT2D eigenvalue weighted by Crippen LogP contribution is 2.40. The Morgan fingerprint density at radius 2 is 1.97 bits per heavy atom. The molecule has 0 bridgehead atoms. The molecular formula is C20H18ClF2N5O2S. The van der Waals surface area contributed by atoms with Crippen LogP contribution in [0.25, 0.3) is 11.5 Å². The lowest BCUT2D eigenvalue weighted by molar-refractivity contribution is -0.0112. The van der Waals surface area contributed by atoms with Gasteiger partial charge in [0, 0.05) is 23.1 Å². The second-order valence-electron chi connectivity index (χ2n) is 6.90. The molecule has 0 aliphatic rings. The molecule has 4 rings (SSSR count). The summed E-state index contributed by atoms with van der Waals surface area (Å²) in [5.74, 6) is -1.81. The Hall–Kier alpha value is -2.95. The molecule has 11 heteroatoms. The summed E-state index contributed by atoms with van der Waals surface area (Å²) >= 11 is 4.89. The minimum Gasteiger partial charge on any atom is -0.409 e. The summed E-state index contributed by atoms with van der Waals surface area (Å²) in [5.41, 5.74) is -0.350. The van der Waals surface area contributed by atoms with E-state index in [2.05, 4.69) is 20.3 Å². The van der Waals surface area contributed by atoms with Crippen molar-refractivity contribution in [2.75, 3.05) is 0 Å². The molecular weight excluding hydrogens is 448 g/mol. The van der Waals surface area contributed by atoms with E-state index in [0.29, 0.717) is 11.5 Å². The van der Waals surface area contributed by atoms with E-state index in [1.165, 1.54) is 23.4 Å². The molecule has 0 aliphatic carbocycles. The van der Waals surface area contributed by atoms with Gasteiger partial charge in [-0.2, -0.15) is 5.10 Å². The summed E-state index contributed by atoms with van der Waals surface area (Å²) in [7, 11) is 0. The summed E-state index contributed by atoms with van der Waals surface area (Å²) < 4.78 is 34.8. The van der Waals surface area contributed by atoms with Gasteiger partial charge in [0.25, 0.3) is 4.84 Å². The van der Waals surface area contributed by atoms with Crippen LogP contribution < -0.4 is 0 Å². The number of aliphatic hydroxyl groups is 1. The molecule has 162 valence electrons. The zero-order valence-corrected chi connectivity index (χ0v) is 17.8. The molecule has 7 nitrogen and oxygen atoms in total. The fourth-order valence-corrected chi connectivity index (χ4v) is 3.53. The standard InChI is InChI=1S/C20H17F2N5O2S.ClH/c1-12(13-2-4-14(5-3-13)18-25-26-19(30)29-18)20(28,9-27-11-23-10-24-27)16-7-6-15(21)8-17(16)22;/h2-8,10-12,28H,9H2,1H3,(H,26,30);1H. The molecule has 0 amide bonds. The lowest BCUT2D eigenvalue weighted by atomic mass is 9.78. The first-order valence-corrected chi connectivity index (χ1v) is 9.44. The van der Waals surface area contributed by atoms with Crippen LogP contribution in [0, 0.1) is 16.5 Å². The Balaban J connectivity index is 0.00000272. The van der Waals surface area contributed by atoms with Gasteiger partial charge in [-0.1, -0.05) is 25.1 Å². The molecule has 0 spiro atoms. The number of halogens is 3.